The first-order chi connectivity index (χ1) is 14.1. The van der Waals surface area contributed by atoms with E-state index in [1.54, 1.807) is 19.5 Å². The van der Waals surface area contributed by atoms with E-state index in [1.165, 1.54) is 6.39 Å². The number of methoxy groups -OCH3 is 1. The number of oxazole rings is 1. The molecule has 3 atom stereocenters. The Kier molecular flexibility index (Phi) is 5.34. The highest BCUT2D eigenvalue weighted by Crippen LogP contribution is 2.55. The second-order valence-corrected chi connectivity index (χ2v) is 7.42. The molecule has 8 heteroatoms. The van der Waals surface area contributed by atoms with Crippen molar-refractivity contribution in [2.45, 2.75) is 25.4 Å². The second kappa shape index (κ2) is 7.93. The number of carbonyl (C=O) groups is 1. The third-order valence-corrected chi connectivity index (χ3v) is 5.81. The predicted molar refractivity (Wildman–Crippen MR) is 109 cm³/mol. The molecule has 1 aliphatic rings. The van der Waals surface area contributed by atoms with Gasteiger partial charge in [0.25, 0.3) is 0 Å². The van der Waals surface area contributed by atoms with Crippen LogP contribution in [0.5, 0.6) is 0 Å². The monoisotopic (exact) mass is 412 g/mol. The molecule has 1 aromatic carbocycles. The lowest BCUT2D eigenvalue weighted by Crippen LogP contribution is -2.19. The fraction of sp³-hybridized carbons (Fsp3) is 0.333. The van der Waals surface area contributed by atoms with Gasteiger partial charge in [-0.3, -0.25) is 0 Å². The fourth-order valence-corrected chi connectivity index (χ4v) is 4.22. The normalized spacial score (nSPS) is 23.0. The lowest BCUT2D eigenvalue weighted by atomic mass is 10.1. The molecule has 150 valence electrons. The molecule has 7 nitrogen and oxygen atoms in total. The number of carbonyl (C=O) groups excluding carboxylic acids is 1. The Labute approximate surface area is 173 Å². The quantitative estimate of drug-likeness (QED) is 0.435. The van der Waals surface area contributed by atoms with Crippen LogP contribution < -0.4 is 5.32 Å². The summed E-state index contributed by atoms with van der Waals surface area (Å²) in [6, 6.07) is 7.72. The summed E-state index contributed by atoms with van der Waals surface area (Å²) in [4.78, 5) is 24.1. The summed E-state index contributed by atoms with van der Waals surface area (Å²) in [6.07, 6.45) is 7.17. The van der Waals surface area contributed by atoms with Crippen LogP contribution in [0.1, 0.15) is 18.9 Å². The van der Waals surface area contributed by atoms with Crippen LogP contribution in [0, 0.1) is 11.8 Å². The molecular weight excluding hydrogens is 392 g/mol. The molecule has 0 spiro atoms. The number of ether oxygens (including phenoxy) is 1. The van der Waals surface area contributed by atoms with Crippen molar-refractivity contribution < 1.29 is 13.9 Å². The number of hydrogen-bond acceptors (Lipinski definition) is 7. The minimum atomic E-state index is -0.724. The van der Waals surface area contributed by atoms with E-state index < -0.39 is 5.60 Å². The van der Waals surface area contributed by atoms with Crippen LogP contribution >= 0.6 is 11.6 Å². The van der Waals surface area contributed by atoms with E-state index in [0.717, 1.165) is 29.5 Å². The number of benzene rings is 1. The lowest BCUT2D eigenvalue weighted by molar-refractivity contribution is -0.120. The second-order valence-electron chi connectivity index (χ2n) is 7.09. The van der Waals surface area contributed by atoms with E-state index in [2.05, 4.69) is 27.2 Å². The molecule has 4 rings (SSSR count). The van der Waals surface area contributed by atoms with Crippen LogP contribution in [0.15, 0.2) is 47.5 Å². The number of hydrogen-bond donors (Lipinski definition) is 1. The number of nitrogens with zero attached hydrogens (tertiary/aromatic N) is 3. The molecule has 0 amide bonds. The first kappa shape index (κ1) is 19.5. The van der Waals surface area contributed by atoms with Gasteiger partial charge in [-0.25, -0.2) is 15.0 Å². The van der Waals surface area contributed by atoms with Gasteiger partial charge in [0.1, 0.15) is 11.4 Å². The van der Waals surface area contributed by atoms with Crippen LogP contribution in [0.3, 0.4) is 0 Å². The molecule has 1 fully saturated rings. The number of rotatable bonds is 8. The van der Waals surface area contributed by atoms with E-state index >= 15 is 0 Å². The van der Waals surface area contributed by atoms with E-state index in [4.69, 9.17) is 20.8 Å². The molecular formula is C21H21ClN4O3. The Hall–Kier alpha value is -2.77. The van der Waals surface area contributed by atoms with Gasteiger partial charge in [-0.2, -0.15) is 0 Å². The van der Waals surface area contributed by atoms with E-state index in [0.29, 0.717) is 18.0 Å². The highest BCUT2D eigenvalue weighted by molar-refractivity contribution is 6.28. The first-order valence-corrected chi connectivity index (χ1v) is 9.78. The highest BCUT2D eigenvalue weighted by Gasteiger charge is 2.64. The number of anilines is 2. The van der Waals surface area contributed by atoms with Crippen molar-refractivity contribution in [1.82, 2.24) is 15.0 Å². The van der Waals surface area contributed by atoms with Gasteiger partial charge < -0.3 is 19.3 Å². The molecule has 1 N–H and O–H groups in total. The summed E-state index contributed by atoms with van der Waals surface area (Å²) in [5, 5.41) is 3.47. The number of aldehydes is 1. The van der Waals surface area contributed by atoms with Crippen LogP contribution in [0.4, 0.5) is 11.5 Å². The van der Waals surface area contributed by atoms with Gasteiger partial charge in [-0.1, -0.05) is 19.1 Å². The Bertz CT molecular complexity index is 1010. The van der Waals surface area contributed by atoms with Crippen molar-refractivity contribution in [3.8, 4) is 11.3 Å². The van der Waals surface area contributed by atoms with Crippen molar-refractivity contribution in [3.05, 3.63) is 53.9 Å². The van der Waals surface area contributed by atoms with Gasteiger partial charge in [0.2, 0.25) is 5.28 Å². The van der Waals surface area contributed by atoms with Gasteiger partial charge in [0.15, 0.2) is 18.4 Å². The average molecular weight is 413 g/mol. The Morgan fingerprint density at radius 2 is 2.21 bits per heavy atom. The van der Waals surface area contributed by atoms with Gasteiger partial charge in [0.05, 0.1) is 6.20 Å². The fourth-order valence-electron chi connectivity index (χ4n) is 4.09. The van der Waals surface area contributed by atoms with Gasteiger partial charge in [0, 0.05) is 42.0 Å². The van der Waals surface area contributed by atoms with Crippen molar-refractivity contribution in [2.24, 2.45) is 11.8 Å². The van der Waals surface area contributed by atoms with Crippen molar-refractivity contribution >= 4 is 29.4 Å². The standard InChI is InChI=1S/C21H21ClN4O3/c1-3-16-17(21(16,11-27)28-2)8-14-9-24-20(22)26-19(14)25-15-6-4-5-13(7-15)18-10-23-12-29-18/h4-7,9-12,16-17H,3,8H2,1-2H3,(H,24,25,26)/t16?,17-,21?/m1/s1. The molecule has 0 radical (unpaired) electrons. The zero-order valence-electron chi connectivity index (χ0n) is 16.1. The maximum Gasteiger partial charge on any atom is 0.224 e. The Morgan fingerprint density at radius 3 is 2.86 bits per heavy atom. The van der Waals surface area contributed by atoms with Crippen LogP contribution in [-0.4, -0.2) is 33.9 Å². The van der Waals surface area contributed by atoms with Crippen LogP contribution in [-0.2, 0) is 16.0 Å². The topological polar surface area (TPSA) is 90.1 Å². The molecule has 2 heterocycles. The molecule has 0 aliphatic heterocycles. The minimum absolute atomic E-state index is 0.0841. The summed E-state index contributed by atoms with van der Waals surface area (Å²) in [7, 11) is 1.59. The van der Waals surface area contributed by atoms with Gasteiger partial charge in [-0.15, -0.1) is 0 Å². The third-order valence-electron chi connectivity index (χ3n) is 5.63. The smallest absolute Gasteiger partial charge is 0.224 e. The molecule has 0 bridgehead atoms. The van der Waals surface area contributed by atoms with Crippen LogP contribution in [0.25, 0.3) is 11.3 Å². The van der Waals surface area contributed by atoms with Gasteiger partial charge >= 0.3 is 0 Å². The van der Waals surface area contributed by atoms with Gasteiger partial charge in [-0.05, 0) is 36.6 Å². The summed E-state index contributed by atoms with van der Waals surface area (Å²) < 4.78 is 10.9. The molecule has 2 aromatic heterocycles. The molecule has 2 unspecified atom stereocenters. The maximum atomic E-state index is 11.7. The summed E-state index contributed by atoms with van der Waals surface area (Å²) in [5.74, 6) is 1.55. The van der Waals surface area contributed by atoms with Crippen LogP contribution in [0.2, 0.25) is 5.28 Å². The Balaban J connectivity index is 1.60. The maximum absolute atomic E-state index is 11.7. The van der Waals surface area contributed by atoms with Crippen molar-refractivity contribution in [3.63, 3.8) is 0 Å². The Morgan fingerprint density at radius 1 is 1.34 bits per heavy atom. The molecule has 1 aliphatic carbocycles. The van der Waals surface area contributed by atoms with E-state index in [9.17, 15) is 4.79 Å². The molecule has 29 heavy (non-hydrogen) atoms. The van der Waals surface area contributed by atoms with Crippen molar-refractivity contribution in [2.75, 3.05) is 12.4 Å². The summed E-state index contributed by atoms with van der Waals surface area (Å²) in [6.45, 7) is 2.06. The number of nitrogens with one attached hydrogen (secondary N) is 1. The zero-order valence-corrected chi connectivity index (χ0v) is 16.9. The average Bonchev–Trinajstić information content (AvgIpc) is 3.05. The lowest BCUT2D eigenvalue weighted by Gasteiger charge is -2.13. The summed E-state index contributed by atoms with van der Waals surface area (Å²) >= 11 is 6.05. The highest BCUT2D eigenvalue weighted by atomic mass is 35.5. The van der Waals surface area contributed by atoms with Crippen molar-refractivity contribution in [1.29, 1.82) is 0 Å². The minimum Gasteiger partial charge on any atom is -0.444 e. The third kappa shape index (κ3) is 3.63. The number of aromatic nitrogens is 3. The summed E-state index contributed by atoms with van der Waals surface area (Å²) in [5.41, 5.74) is 1.87. The van der Waals surface area contributed by atoms with E-state index in [-0.39, 0.29) is 17.1 Å². The van der Waals surface area contributed by atoms with E-state index in [1.807, 2.05) is 24.3 Å². The number of halogens is 1. The molecule has 3 aromatic rings. The SMILES string of the molecule is CCC1[C@@H](Cc2cnc(Cl)nc2Nc2cccc(-c3cnco3)c2)C1(C=O)OC. The predicted octanol–water partition coefficient (Wildman–Crippen LogP) is 4.31. The largest absolute Gasteiger partial charge is 0.444 e. The molecule has 0 saturated heterocycles. The zero-order chi connectivity index (χ0) is 20.4. The molecule has 1 saturated carbocycles. The first-order valence-electron chi connectivity index (χ1n) is 9.40.